The number of hydrogen-bond donors (Lipinski definition) is 1. The van der Waals surface area contributed by atoms with Crippen molar-refractivity contribution in [2.45, 2.75) is 83.1 Å². The number of hydrogen-bond acceptors (Lipinski definition) is 7. The van der Waals surface area contributed by atoms with Crippen LogP contribution in [-0.4, -0.2) is 53.3 Å². The average molecular weight is 730 g/mol. The highest BCUT2D eigenvalue weighted by Gasteiger charge is 2.33. The molecule has 4 aromatic rings. The minimum Gasteiger partial charge on any atom is -0.492 e. The molecule has 52 heavy (non-hydrogen) atoms. The lowest BCUT2D eigenvalue weighted by molar-refractivity contribution is -0.159. The number of aliphatic imine (C=N–C) groups is 1. The van der Waals surface area contributed by atoms with E-state index in [4.69, 9.17) is 19.9 Å². The van der Waals surface area contributed by atoms with Crippen LogP contribution in [-0.2, 0) is 16.1 Å². The van der Waals surface area contributed by atoms with Gasteiger partial charge in [-0.25, -0.2) is 4.79 Å². The molecule has 0 bridgehead atoms. The zero-order valence-electron chi connectivity index (χ0n) is 29.0. The van der Waals surface area contributed by atoms with E-state index in [0.29, 0.717) is 34.9 Å². The van der Waals surface area contributed by atoms with Gasteiger partial charge < -0.3 is 19.9 Å². The van der Waals surface area contributed by atoms with Crippen molar-refractivity contribution in [2.75, 3.05) is 6.61 Å². The van der Waals surface area contributed by atoms with Gasteiger partial charge in [0.1, 0.15) is 36.4 Å². The topological polar surface area (TPSA) is 96.0 Å². The predicted molar refractivity (Wildman–Crippen MR) is 186 cm³/mol. The Morgan fingerprint density at radius 2 is 1.44 bits per heavy atom. The second kappa shape index (κ2) is 17.5. The lowest BCUT2D eigenvalue weighted by Gasteiger charge is -2.23. The average Bonchev–Trinajstić information content (AvgIpc) is 3.09. The Morgan fingerprint density at radius 3 is 2.02 bits per heavy atom. The van der Waals surface area contributed by atoms with Crippen molar-refractivity contribution in [3.63, 3.8) is 0 Å². The normalized spacial score (nSPS) is 13.6. The number of carbonyl (C=O) groups is 1. The number of benzene rings is 3. The molecule has 13 heteroatoms. The Labute approximate surface area is 298 Å². The van der Waals surface area contributed by atoms with Crippen LogP contribution in [0, 0.1) is 0 Å². The summed E-state index contributed by atoms with van der Waals surface area (Å²) < 4.78 is 91.4. The number of alkyl halides is 6. The first kappa shape index (κ1) is 39.9. The number of rotatable bonds is 11. The summed E-state index contributed by atoms with van der Waals surface area (Å²) in [5.74, 6) is 0.435. The summed E-state index contributed by atoms with van der Waals surface area (Å²) in [4.78, 5) is 21.1. The van der Waals surface area contributed by atoms with E-state index in [1.165, 1.54) is 0 Å². The molecule has 0 saturated carbocycles. The van der Waals surface area contributed by atoms with Gasteiger partial charge in [-0.05, 0) is 57.4 Å². The van der Waals surface area contributed by atoms with Gasteiger partial charge >= 0.3 is 18.3 Å². The third kappa shape index (κ3) is 13.0. The first-order valence-corrected chi connectivity index (χ1v) is 16.6. The quantitative estimate of drug-likeness (QED) is 0.0940. The molecule has 7 nitrogen and oxygen atoms in total. The Bertz CT molecular complexity index is 1730. The van der Waals surface area contributed by atoms with Gasteiger partial charge in [0.2, 0.25) is 0 Å². The van der Waals surface area contributed by atoms with E-state index in [1.807, 2.05) is 72.8 Å². The molecule has 0 aliphatic carbocycles. The number of nitrogens with two attached hydrogens (primary N) is 1. The van der Waals surface area contributed by atoms with Gasteiger partial charge in [-0.15, -0.1) is 0 Å². The van der Waals surface area contributed by atoms with Gasteiger partial charge in [0.05, 0.1) is 5.71 Å². The van der Waals surface area contributed by atoms with Crippen LogP contribution in [0.5, 0.6) is 11.5 Å². The first-order chi connectivity index (χ1) is 24.5. The van der Waals surface area contributed by atoms with Crippen LogP contribution in [0.3, 0.4) is 0 Å². The summed E-state index contributed by atoms with van der Waals surface area (Å²) in [6.07, 6.45) is -7.74. The molecule has 0 fully saturated rings. The van der Waals surface area contributed by atoms with E-state index in [-0.39, 0.29) is 13.0 Å². The Balaban J connectivity index is 0.000000235. The highest BCUT2D eigenvalue weighted by molar-refractivity contribution is 6.13. The van der Waals surface area contributed by atoms with E-state index in [9.17, 15) is 31.1 Å². The fourth-order valence-electron chi connectivity index (χ4n) is 5.10. The monoisotopic (exact) mass is 729 g/mol. The van der Waals surface area contributed by atoms with Gasteiger partial charge in [-0.1, -0.05) is 60.7 Å². The molecular formula is C39H41F6N3O4. The lowest BCUT2D eigenvalue weighted by atomic mass is 9.99. The molecule has 1 aliphatic heterocycles. The van der Waals surface area contributed by atoms with Gasteiger partial charge in [0.25, 0.3) is 0 Å². The molecule has 2 atom stereocenters. The molecule has 1 aliphatic rings. The molecular weight excluding hydrogens is 688 g/mol. The van der Waals surface area contributed by atoms with Crippen LogP contribution in [0.1, 0.15) is 63.1 Å². The minimum absolute atomic E-state index is 0.0232. The van der Waals surface area contributed by atoms with E-state index < -0.39 is 55.3 Å². The summed E-state index contributed by atoms with van der Waals surface area (Å²) in [5, 5.41) is 0. The van der Waals surface area contributed by atoms with Crippen LogP contribution in [0.15, 0.2) is 102 Å². The third-order valence-corrected chi connectivity index (χ3v) is 7.55. The van der Waals surface area contributed by atoms with Crippen molar-refractivity contribution >= 4 is 11.7 Å². The number of pyridine rings is 1. The van der Waals surface area contributed by atoms with Crippen molar-refractivity contribution in [3.8, 4) is 22.6 Å². The Kier molecular flexibility index (Phi) is 13.4. The highest BCUT2D eigenvalue weighted by Crippen LogP contribution is 2.39. The number of nitrogens with zero attached hydrogens (tertiary/aromatic N) is 2. The highest BCUT2D eigenvalue weighted by atomic mass is 19.4. The summed E-state index contributed by atoms with van der Waals surface area (Å²) in [6.45, 7) is 5.46. The maximum Gasteiger partial charge on any atom is 0.389 e. The fourth-order valence-corrected chi connectivity index (χ4v) is 5.10. The molecule has 5 rings (SSSR count). The number of aromatic nitrogens is 1. The molecule has 0 saturated heterocycles. The Hall–Kier alpha value is -4.91. The standard InChI is InChI=1S/C22H24F3NO2.C17H17F3N2O2/c1-21(2,3)28-20(27)18(14-15-22(23,24)25)26-19(16-10-6-4-7-11-16)17-12-8-5-9-13-17;18-17(19,20)5-3-12(21)10-23-13-1-2-15-14-4-6-22-8-11(14)9-24-16(15)7-13/h4-13,18H,14-15H2,1-3H3;1-2,4,6-8,12H,3,5,9-10,21H2. The first-order valence-electron chi connectivity index (χ1n) is 16.6. The van der Waals surface area contributed by atoms with Crippen molar-refractivity contribution in [1.29, 1.82) is 0 Å². The SMILES string of the molecule is CC(C)(C)OC(=O)C(CCC(F)(F)F)N=C(c1ccccc1)c1ccccc1.NC(CCC(F)(F)F)COc1ccc2c(c1)OCc1cnccc1-2. The number of fused-ring (bicyclic) bond motifs is 3. The number of ether oxygens (including phenoxy) is 3. The second-order valence-electron chi connectivity index (χ2n) is 13.1. The molecule has 2 heterocycles. The molecule has 2 N–H and O–H groups in total. The fraction of sp³-hybridized carbons (Fsp3) is 0.359. The van der Waals surface area contributed by atoms with E-state index in [1.54, 1.807) is 45.3 Å². The second-order valence-corrected chi connectivity index (χ2v) is 13.1. The summed E-state index contributed by atoms with van der Waals surface area (Å²) in [7, 11) is 0. The zero-order chi connectivity index (χ0) is 37.9. The predicted octanol–water partition coefficient (Wildman–Crippen LogP) is 9.27. The van der Waals surface area contributed by atoms with Crippen LogP contribution >= 0.6 is 0 Å². The van der Waals surface area contributed by atoms with Gasteiger partial charge in [0.15, 0.2) is 0 Å². The molecule has 2 unspecified atom stereocenters. The molecule has 0 radical (unpaired) electrons. The van der Waals surface area contributed by atoms with Crippen LogP contribution in [0.2, 0.25) is 0 Å². The van der Waals surface area contributed by atoms with Crippen molar-refractivity contribution in [3.05, 3.63) is 114 Å². The number of esters is 1. The summed E-state index contributed by atoms with van der Waals surface area (Å²) in [5.41, 5.74) is 9.74. The summed E-state index contributed by atoms with van der Waals surface area (Å²) >= 11 is 0. The van der Waals surface area contributed by atoms with Crippen LogP contribution in [0.4, 0.5) is 26.3 Å². The molecule has 3 aromatic carbocycles. The van der Waals surface area contributed by atoms with Crippen LogP contribution < -0.4 is 15.2 Å². The maximum absolute atomic E-state index is 12.8. The maximum atomic E-state index is 12.8. The minimum atomic E-state index is -4.38. The Morgan fingerprint density at radius 1 is 0.846 bits per heavy atom. The van der Waals surface area contributed by atoms with E-state index in [2.05, 4.69) is 9.98 Å². The van der Waals surface area contributed by atoms with Crippen molar-refractivity contribution in [1.82, 2.24) is 4.98 Å². The van der Waals surface area contributed by atoms with Crippen molar-refractivity contribution in [2.24, 2.45) is 10.7 Å². The van der Waals surface area contributed by atoms with Gasteiger partial charge in [0, 0.05) is 59.6 Å². The lowest BCUT2D eigenvalue weighted by Crippen LogP contribution is -2.32. The molecule has 0 spiro atoms. The van der Waals surface area contributed by atoms with Crippen molar-refractivity contribution < 1.29 is 45.3 Å². The van der Waals surface area contributed by atoms with E-state index >= 15 is 0 Å². The molecule has 278 valence electrons. The number of carbonyl (C=O) groups excluding carboxylic acids is 1. The number of halogens is 6. The largest absolute Gasteiger partial charge is 0.492 e. The van der Waals surface area contributed by atoms with Gasteiger partial charge in [-0.3, -0.25) is 9.98 Å². The smallest absolute Gasteiger partial charge is 0.389 e. The van der Waals surface area contributed by atoms with Gasteiger partial charge in [-0.2, -0.15) is 26.3 Å². The zero-order valence-corrected chi connectivity index (χ0v) is 29.0. The third-order valence-electron chi connectivity index (χ3n) is 7.55. The molecule has 1 aromatic heterocycles. The molecule has 0 amide bonds. The van der Waals surface area contributed by atoms with Crippen LogP contribution in [0.25, 0.3) is 11.1 Å². The van der Waals surface area contributed by atoms with E-state index in [0.717, 1.165) is 16.7 Å². The summed E-state index contributed by atoms with van der Waals surface area (Å²) in [6, 6.07) is 23.5.